The van der Waals surface area contributed by atoms with Gasteiger partial charge in [0.05, 0.1) is 6.04 Å². The molecule has 1 rings (SSSR count). The van der Waals surface area contributed by atoms with E-state index in [1.807, 2.05) is 0 Å². The summed E-state index contributed by atoms with van der Waals surface area (Å²) >= 11 is 0. The smallest absolute Gasteiger partial charge is 0.414 e. The van der Waals surface area contributed by atoms with Crippen LogP contribution < -0.4 is 10.6 Å². The first kappa shape index (κ1) is 12.5. The van der Waals surface area contributed by atoms with Gasteiger partial charge < -0.3 is 4.74 Å². The van der Waals surface area contributed by atoms with Crippen molar-refractivity contribution in [2.75, 3.05) is 0 Å². The molecule has 1 atom stereocenters. The third-order valence-corrected chi connectivity index (χ3v) is 1.71. The van der Waals surface area contributed by atoms with Gasteiger partial charge in [-0.1, -0.05) is 0 Å². The van der Waals surface area contributed by atoms with Gasteiger partial charge in [-0.2, -0.15) is 0 Å². The Morgan fingerprint density at radius 3 is 2.69 bits per heavy atom. The van der Waals surface area contributed by atoms with Gasteiger partial charge in [0.2, 0.25) is 11.9 Å². The molecule has 0 unspecified atom stereocenters. The molecule has 16 heavy (non-hydrogen) atoms. The lowest BCUT2D eigenvalue weighted by atomic mass is 10.2. The van der Waals surface area contributed by atoms with Crippen LogP contribution in [-0.2, 0) is 9.53 Å². The van der Waals surface area contributed by atoms with E-state index in [0.717, 1.165) is 0 Å². The Morgan fingerprint density at radius 2 is 2.19 bits per heavy atom. The molecule has 0 radical (unpaired) electrons. The summed E-state index contributed by atoms with van der Waals surface area (Å²) in [5.41, 5.74) is -0.574. The van der Waals surface area contributed by atoms with Gasteiger partial charge in [-0.3, -0.25) is 15.4 Å². The zero-order valence-electron chi connectivity index (χ0n) is 9.96. The Hall–Kier alpha value is -1.59. The lowest BCUT2D eigenvalue weighted by Crippen LogP contribution is -2.49. The van der Waals surface area contributed by atoms with Crippen molar-refractivity contribution in [2.45, 2.75) is 45.8 Å². The largest absolute Gasteiger partial charge is 0.444 e. The number of amides is 2. The number of nitrogens with zero attached hydrogens (tertiary/aromatic N) is 1. The molecule has 0 bridgehead atoms. The Bertz CT molecular complexity index is 331. The topological polar surface area (TPSA) is 79.8 Å². The van der Waals surface area contributed by atoms with Crippen molar-refractivity contribution >= 4 is 18.0 Å². The summed E-state index contributed by atoms with van der Waals surface area (Å²) in [4.78, 5) is 26.6. The fourth-order valence-corrected chi connectivity index (χ4v) is 1.21. The molecular weight excluding hydrogens is 210 g/mol. The van der Waals surface area contributed by atoms with Crippen molar-refractivity contribution in [3.63, 3.8) is 0 Å². The molecule has 0 aliphatic carbocycles. The number of rotatable bonds is 0. The van der Waals surface area contributed by atoms with E-state index in [2.05, 4.69) is 15.6 Å². The second-order valence-electron chi connectivity index (χ2n) is 4.71. The van der Waals surface area contributed by atoms with Crippen molar-refractivity contribution in [1.82, 2.24) is 10.6 Å². The third-order valence-electron chi connectivity index (χ3n) is 1.71. The monoisotopic (exact) mass is 227 g/mol. The van der Waals surface area contributed by atoms with Crippen LogP contribution in [0.2, 0.25) is 0 Å². The molecule has 0 aromatic rings. The fraction of sp³-hybridized carbons (Fsp3) is 0.700. The van der Waals surface area contributed by atoms with Gasteiger partial charge in [0.1, 0.15) is 5.60 Å². The number of carbonyl (C=O) groups is 2. The zero-order valence-corrected chi connectivity index (χ0v) is 9.96. The molecule has 0 aromatic carbocycles. The summed E-state index contributed by atoms with van der Waals surface area (Å²) in [6.07, 6.45) is -0.292. The minimum atomic E-state index is -0.624. The van der Waals surface area contributed by atoms with Crippen molar-refractivity contribution in [1.29, 1.82) is 0 Å². The predicted octanol–water partition coefficient (Wildman–Crippen LogP) is 0.775. The van der Waals surface area contributed by atoms with Crippen LogP contribution in [0.5, 0.6) is 0 Å². The molecule has 1 aliphatic rings. The molecular formula is C10H17N3O3. The number of carbonyl (C=O) groups excluding carboxylic acids is 2. The quantitative estimate of drug-likeness (QED) is 0.641. The number of nitrogens with one attached hydrogen (secondary N) is 2. The highest BCUT2D eigenvalue weighted by Crippen LogP contribution is 2.07. The number of alkyl carbamates (subject to hydrolysis) is 1. The lowest BCUT2D eigenvalue weighted by Gasteiger charge is -2.22. The molecule has 0 fully saturated rings. The van der Waals surface area contributed by atoms with Crippen LogP contribution in [0.3, 0.4) is 0 Å². The highest BCUT2D eigenvalue weighted by Gasteiger charge is 2.21. The minimum absolute atomic E-state index is 0.126. The van der Waals surface area contributed by atoms with Crippen LogP contribution in [0.25, 0.3) is 0 Å². The van der Waals surface area contributed by atoms with Crippen LogP contribution in [0.4, 0.5) is 4.79 Å². The van der Waals surface area contributed by atoms with E-state index in [9.17, 15) is 9.59 Å². The van der Waals surface area contributed by atoms with Gasteiger partial charge in [0.15, 0.2) is 0 Å². The second-order valence-corrected chi connectivity index (χ2v) is 4.71. The Kier molecular flexibility index (Phi) is 3.51. The maximum atomic E-state index is 11.4. The van der Waals surface area contributed by atoms with E-state index in [4.69, 9.17) is 4.74 Å². The van der Waals surface area contributed by atoms with Crippen LogP contribution in [0, 0.1) is 0 Å². The summed E-state index contributed by atoms with van der Waals surface area (Å²) in [5.74, 6) is -0.00782. The first-order valence-electron chi connectivity index (χ1n) is 5.14. The molecule has 6 nitrogen and oxygen atoms in total. The Balaban J connectivity index is 2.54. The van der Waals surface area contributed by atoms with Crippen LogP contribution >= 0.6 is 0 Å². The number of hydrogen-bond donors (Lipinski definition) is 2. The van der Waals surface area contributed by atoms with E-state index in [-0.39, 0.29) is 17.9 Å². The van der Waals surface area contributed by atoms with Crippen molar-refractivity contribution in [3.05, 3.63) is 0 Å². The molecule has 2 N–H and O–H groups in total. The van der Waals surface area contributed by atoms with Crippen molar-refractivity contribution in [3.8, 4) is 0 Å². The van der Waals surface area contributed by atoms with E-state index >= 15 is 0 Å². The molecule has 0 spiro atoms. The normalized spacial score (nSPS) is 20.9. The van der Waals surface area contributed by atoms with Crippen LogP contribution in [-0.4, -0.2) is 29.6 Å². The number of hydrogen-bond acceptors (Lipinski definition) is 4. The molecule has 1 aliphatic heterocycles. The van der Waals surface area contributed by atoms with Gasteiger partial charge in [-0.25, -0.2) is 9.79 Å². The van der Waals surface area contributed by atoms with Gasteiger partial charge in [0, 0.05) is 6.42 Å². The van der Waals surface area contributed by atoms with Gasteiger partial charge in [0.25, 0.3) is 0 Å². The SMILES string of the molecule is C[C@@H]1CC(=O)NC(NC(=O)OC(C)(C)C)=N1. The van der Waals surface area contributed by atoms with E-state index in [0.29, 0.717) is 6.42 Å². The molecule has 1 heterocycles. The minimum Gasteiger partial charge on any atom is -0.444 e. The number of aliphatic imine (C=N–C) groups is 1. The third kappa shape index (κ3) is 4.29. The van der Waals surface area contributed by atoms with Gasteiger partial charge in [-0.05, 0) is 27.7 Å². The van der Waals surface area contributed by atoms with Crippen molar-refractivity contribution in [2.24, 2.45) is 4.99 Å². The zero-order chi connectivity index (χ0) is 12.3. The fourth-order valence-electron chi connectivity index (χ4n) is 1.21. The van der Waals surface area contributed by atoms with Crippen LogP contribution in [0.1, 0.15) is 34.1 Å². The summed E-state index contributed by atoms with van der Waals surface area (Å²) < 4.78 is 5.03. The van der Waals surface area contributed by atoms with E-state index in [1.165, 1.54) is 0 Å². The summed E-state index contributed by atoms with van der Waals surface area (Å²) in [7, 11) is 0. The molecule has 0 aromatic heterocycles. The van der Waals surface area contributed by atoms with Gasteiger partial charge in [-0.15, -0.1) is 0 Å². The average molecular weight is 227 g/mol. The number of ether oxygens (including phenoxy) is 1. The Morgan fingerprint density at radius 1 is 1.56 bits per heavy atom. The first-order chi connectivity index (χ1) is 7.26. The summed E-state index contributed by atoms with van der Waals surface area (Å²) in [6.45, 7) is 7.08. The Labute approximate surface area is 94.4 Å². The lowest BCUT2D eigenvalue weighted by molar-refractivity contribution is -0.120. The highest BCUT2D eigenvalue weighted by atomic mass is 16.6. The predicted molar refractivity (Wildman–Crippen MR) is 59.0 cm³/mol. The molecule has 90 valence electrons. The molecule has 0 saturated carbocycles. The van der Waals surface area contributed by atoms with Gasteiger partial charge >= 0.3 is 6.09 Å². The maximum absolute atomic E-state index is 11.4. The molecule has 6 heteroatoms. The standard InChI is InChI=1S/C10H17N3O3/c1-6-5-7(14)12-8(11-6)13-9(15)16-10(2,3)4/h6H,5H2,1-4H3,(H2,11,12,13,14,15)/t6-/m1/s1. The molecule has 0 saturated heterocycles. The average Bonchev–Trinajstić information content (AvgIpc) is 1.96. The number of guanidine groups is 1. The summed E-state index contributed by atoms with van der Waals surface area (Å²) in [5, 5.41) is 4.86. The van der Waals surface area contributed by atoms with Crippen LogP contribution in [0.15, 0.2) is 4.99 Å². The first-order valence-corrected chi connectivity index (χ1v) is 5.14. The van der Waals surface area contributed by atoms with E-state index in [1.54, 1.807) is 27.7 Å². The maximum Gasteiger partial charge on any atom is 0.414 e. The second kappa shape index (κ2) is 4.51. The van der Waals surface area contributed by atoms with E-state index < -0.39 is 11.7 Å². The highest BCUT2D eigenvalue weighted by molar-refractivity contribution is 6.04. The molecule has 2 amide bonds. The summed E-state index contributed by atoms with van der Waals surface area (Å²) in [6, 6.07) is -0.126. The van der Waals surface area contributed by atoms with Crippen molar-refractivity contribution < 1.29 is 14.3 Å².